The monoisotopic (exact) mass is 1870 g/mol. The van der Waals surface area contributed by atoms with Gasteiger partial charge in [0.2, 0.25) is 0 Å². The maximum Gasteiger partial charge on any atom is 0.0547 e. The van der Waals surface area contributed by atoms with E-state index in [0.29, 0.717) is 0 Å². The second-order valence-corrected chi connectivity index (χ2v) is 53.3. The Morgan fingerprint density at radius 1 is 0.148 bits per heavy atom. The third-order valence-corrected chi connectivity index (χ3v) is 29.7. The Kier molecular flexibility index (Phi) is 25.5. The number of aromatic nitrogens is 4. The van der Waals surface area contributed by atoms with E-state index >= 15 is 0 Å². The molecule has 15 aromatic carbocycles. The lowest BCUT2D eigenvalue weighted by molar-refractivity contribution is 0.535. The molecule has 0 saturated carbocycles. The number of hydrogen-bond donors (Lipinski definition) is 0. The van der Waals surface area contributed by atoms with Crippen molar-refractivity contribution >= 4 is 87.2 Å². The maximum atomic E-state index is 2.56. The molecule has 4 aromatic heterocycles. The van der Waals surface area contributed by atoms with Crippen molar-refractivity contribution in [2.75, 3.05) is 0 Å². The van der Waals surface area contributed by atoms with Crippen molar-refractivity contribution in [3.8, 4) is 67.3 Å². The summed E-state index contributed by atoms with van der Waals surface area (Å²) in [6.45, 7) is 84.5. The summed E-state index contributed by atoms with van der Waals surface area (Å²) < 4.78 is 10.2. The smallest absolute Gasteiger partial charge is 0.0547 e. The van der Waals surface area contributed by atoms with E-state index in [1.807, 2.05) is 0 Å². The van der Waals surface area contributed by atoms with E-state index in [2.05, 4.69) is 571 Å². The zero-order valence-electron chi connectivity index (χ0n) is 92.7. The first kappa shape index (κ1) is 101. The fourth-order valence-electron chi connectivity index (χ4n) is 21.9. The van der Waals surface area contributed by atoms with Gasteiger partial charge in [-0.1, -0.05) is 462 Å². The summed E-state index contributed by atoms with van der Waals surface area (Å²) >= 11 is 0. The summed E-state index contributed by atoms with van der Waals surface area (Å²) in [7, 11) is 0. The van der Waals surface area contributed by atoms with Crippen LogP contribution in [-0.4, -0.2) is 18.3 Å². The van der Waals surface area contributed by atoms with Crippen LogP contribution in [0.4, 0.5) is 0 Å². The van der Waals surface area contributed by atoms with Crippen molar-refractivity contribution in [3.63, 3.8) is 0 Å². The van der Waals surface area contributed by atoms with Crippen LogP contribution in [0, 0.1) is 0 Å². The molecule has 4 heterocycles. The fraction of sp³-hybridized carbons (Fsp3) is 0.348. The molecule has 0 aliphatic heterocycles. The minimum atomic E-state index is -0.173. The Balaban J connectivity index is 0.000000148. The highest BCUT2D eigenvalue weighted by Gasteiger charge is 2.37. The van der Waals surface area contributed by atoms with Gasteiger partial charge in [-0.25, -0.2) is 0 Å². The largest absolute Gasteiger partial charge is 0.309 e. The highest BCUT2D eigenvalue weighted by Crippen LogP contribution is 2.54. The van der Waals surface area contributed by atoms with Gasteiger partial charge >= 0.3 is 0 Å². The molecule has 0 aliphatic rings. The third kappa shape index (κ3) is 19.1. The molecule has 0 aliphatic carbocycles. The second-order valence-electron chi connectivity index (χ2n) is 53.3. The van der Waals surface area contributed by atoms with Gasteiger partial charge in [-0.15, -0.1) is 0 Å². The Bertz CT molecular complexity index is 7860. The molecule has 0 atom stereocenters. The summed E-state index contributed by atoms with van der Waals surface area (Å²) in [6, 6.07) is 115. The molecule has 19 aromatic rings. The van der Waals surface area contributed by atoms with Gasteiger partial charge in [0.15, 0.2) is 0 Å². The molecule has 19 rings (SSSR count). The van der Waals surface area contributed by atoms with Crippen molar-refractivity contribution < 1.29 is 0 Å². The third-order valence-electron chi connectivity index (χ3n) is 29.7. The van der Waals surface area contributed by atoms with Crippen LogP contribution in [-0.2, 0) is 65.0 Å². The highest BCUT2D eigenvalue weighted by atomic mass is 15.0. The van der Waals surface area contributed by atoms with Crippen LogP contribution in [0.3, 0.4) is 0 Å². The van der Waals surface area contributed by atoms with E-state index in [1.54, 1.807) is 0 Å². The topological polar surface area (TPSA) is 19.7 Å². The predicted molar refractivity (Wildman–Crippen MR) is 623 cm³/mol. The summed E-state index contributed by atoms with van der Waals surface area (Å²) in [5.74, 6) is 0. The first-order valence-corrected chi connectivity index (χ1v) is 52.2. The van der Waals surface area contributed by atoms with Crippen LogP contribution in [0.25, 0.3) is 154 Å². The molecule has 4 heteroatoms. The fourth-order valence-corrected chi connectivity index (χ4v) is 21.9. The number of nitrogens with zero attached hydrogens (tertiary/aromatic N) is 4. The number of rotatable bonds is 8. The molecule has 0 spiro atoms. The lowest BCUT2D eigenvalue weighted by Crippen LogP contribution is -2.22. The summed E-state index contributed by atoms with van der Waals surface area (Å²) in [6.07, 6.45) is 0. The van der Waals surface area contributed by atoms with E-state index in [0.717, 1.165) is 0 Å². The van der Waals surface area contributed by atoms with Crippen LogP contribution in [0.1, 0.15) is 316 Å². The molecular formula is C138H158N4. The number of para-hydroxylation sites is 2. The van der Waals surface area contributed by atoms with E-state index in [1.165, 1.54) is 221 Å². The number of hydrogen-bond acceptors (Lipinski definition) is 0. The first-order valence-electron chi connectivity index (χ1n) is 52.2. The number of benzene rings is 15. The molecule has 4 nitrogen and oxygen atoms in total. The normalized spacial score (nSPS) is 13.2. The second kappa shape index (κ2) is 35.8. The SMILES string of the molecule is CC(C)(C)c1cc(-c2ccc3c(c2C(C)(C)C)c2c(-c4ccccc4)cccc2n3-c2cc(C(C)(C)C)cc(C(C)(C)C)c2)cc(C(C)(C)C)c1.CC(C)(C)c1cc(-n2c3cccc(-c4ccccc4)c3c3c(C(C)(C)C)c(-n4c5ccccc5c5ccccc54)ccc32)cc(C(C)(C)C)c1.CC(C)(C)c1cc(-n2c3cccc(-c4ccccc4)c3c3c(C(C)(C)C)c(C(C)(C)C)ccc32)cc(C(C)(C)C)c1. The van der Waals surface area contributed by atoms with Gasteiger partial charge in [0.25, 0.3) is 0 Å². The lowest BCUT2D eigenvalue weighted by Gasteiger charge is -2.31. The van der Waals surface area contributed by atoms with Crippen LogP contribution >= 0.6 is 0 Å². The highest BCUT2D eigenvalue weighted by molar-refractivity contribution is 6.22. The molecule has 0 radical (unpaired) electrons. The molecule has 0 fully saturated rings. The Morgan fingerprint density at radius 3 is 0.683 bits per heavy atom. The average Bonchev–Trinajstić information content (AvgIpc) is 1.55. The minimum Gasteiger partial charge on any atom is -0.309 e. The van der Waals surface area contributed by atoms with Crippen LogP contribution in [0.2, 0.25) is 0 Å². The predicted octanol–water partition coefficient (Wildman–Crippen LogP) is 39.7. The van der Waals surface area contributed by atoms with Crippen molar-refractivity contribution in [2.45, 2.75) is 314 Å². The number of fused-ring (bicyclic) bond motifs is 12. The Labute approximate surface area is 851 Å². The molecule has 0 bridgehead atoms. The molecule has 730 valence electrons. The van der Waals surface area contributed by atoms with Gasteiger partial charge in [-0.05, 0) is 267 Å². The van der Waals surface area contributed by atoms with E-state index in [9.17, 15) is 0 Å². The van der Waals surface area contributed by atoms with Gasteiger partial charge < -0.3 is 18.3 Å². The molecule has 0 amide bonds. The van der Waals surface area contributed by atoms with E-state index < -0.39 is 0 Å². The van der Waals surface area contributed by atoms with Crippen molar-refractivity contribution in [2.24, 2.45) is 0 Å². The molecule has 142 heavy (non-hydrogen) atoms. The van der Waals surface area contributed by atoms with E-state index in [-0.39, 0.29) is 65.0 Å². The summed E-state index contributed by atoms with van der Waals surface area (Å²) in [4.78, 5) is 0. The Hall–Kier alpha value is -12.5. The van der Waals surface area contributed by atoms with Crippen LogP contribution in [0.5, 0.6) is 0 Å². The maximum absolute atomic E-state index is 2.56. The van der Waals surface area contributed by atoms with Gasteiger partial charge in [-0.2, -0.15) is 0 Å². The standard InChI is InChI=1S/C50H61N.C48H48N2.C40H49N/c1-46(2,3)34-26-33(27-35(28-34)47(4,5)6)40-24-25-42-44(45(40)50(13,14)15)43-39(32-20-17-16-18-21-32)22-19-23-41(43)51(42)38-30-36(48(7,8)9)29-37(31-38)49(10,11)12;1-46(2,3)32-28-33(47(4,5)6)30-34(29-32)49-40-25-17-22-35(31-18-11-10-12-19-31)43(40)44-41(49)26-27-42(45(44)48(7,8)9)50-38-23-15-13-20-36(38)37-21-14-16-24-39(37)50;1-37(2,3)27-23-28(38(4,5)6)25-29(24-27)41-32-20-16-19-30(26-17-14-13-15-18-26)34(32)35-33(41)22-21-31(39(7,8)9)36(35)40(10,11)12/h16-31H,1-15H3;10-30H,1-9H3;13-25H,1-12H3. The van der Waals surface area contributed by atoms with Gasteiger partial charge in [0, 0.05) is 60.2 Å². The van der Waals surface area contributed by atoms with Crippen LogP contribution in [0.15, 0.2) is 303 Å². The quantitative estimate of drug-likeness (QED) is 0.144. The summed E-state index contributed by atoms with van der Waals surface area (Å²) in [5.41, 5.74) is 41.6. The zero-order chi connectivity index (χ0) is 103. The summed E-state index contributed by atoms with van der Waals surface area (Å²) in [5, 5.41) is 10.6. The average molecular weight is 1870 g/mol. The zero-order valence-corrected chi connectivity index (χ0v) is 92.7. The molecule has 0 saturated heterocycles. The Morgan fingerprint density at radius 2 is 0.394 bits per heavy atom. The van der Waals surface area contributed by atoms with Crippen LogP contribution < -0.4 is 0 Å². The van der Waals surface area contributed by atoms with Gasteiger partial charge in [0.05, 0.1) is 49.8 Å². The van der Waals surface area contributed by atoms with Gasteiger partial charge in [-0.3, -0.25) is 0 Å². The molecular weight excluding hydrogens is 1710 g/mol. The van der Waals surface area contributed by atoms with Gasteiger partial charge in [0.1, 0.15) is 0 Å². The minimum absolute atomic E-state index is 0.00421. The first-order chi connectivity index (χ1) is 66.1. The lowest BCUT2D eigenvalue weighted by atomic mass is 9.73. The van der Waals surface area contributed by atoms with Crippen molar-refractivity contribution in [1.29, 1.82) is 0 Å². The molecule has 0 unspecified atom stereocenters. The molecule has 0 N–H and O–H groups in total. The van der Waals surface area contributed by atoms with Crippen molar-refractivity contribution in [3.05, 3.63) is 370 Å². The van der Waals surface area contributed by atoms with E-state index in [4.69, 9.17) is 0 Å². The van der Waals surface area contributed by atoms with Crippen molar-refractivity contribution in [1.82, 2.24) is 18.3 Å².